The summed E-state index contributed by atoms with van der Waals surface area (Å²) in [6.07, 6.45) is 5.65. The molecule has 1 fully saturated rings. The highest BCUT2D eigenvalue weighted by molar-refractivity contribution is 4.73. The number of likely N-dealkylation sites (tertiary alicyclic amines) is 1. The van der Waals surface area contributed by atoms with E-state index in [-0.39, 0.29) is 0 Å². The molecule has 0 amide bonds. The van der Waals surface area contributed by atoms with Gasteiger partial charge < -0.3 is 10.2 Å². The maximum absolute atomic E-state index is 3.62. The number of nitrogens with one attached hydrogen (secondary N) is 1. The van der Waals surface area contributed by atoms with Gasteiger partial charge in [-0.1, -0.05) is 33.6 Å². The molecule has 0 saturated carbocycles. The van der Waals surface area contributed by atoms with Gasteiger partial charge in [-0.25, -0.2) is 0 Å². The fourth-order valence-corrected chi connectivity index (χ4v) is 2.59. The molecular formula is C15H32N2. The Labute approximate surface area is 108 Å². The molecule has 1 N–H and O–H groups in total. The molecule has 0 radical (unpaired) electrons. The van der Waals surface area contributed by atoms with Crippen molar-refractivity contribution in [1.82, 2.24) is 10.2 Å². The molecule has 0 bridgehead atoms. The Bertz CT molecular complexity index is 183. The van der Waals surface area contributed by atoms with Crippen molar-refractivity contribution < 1.29 is 0 Å². The van der Waals surface area contributed by atoms with Gasteiger partial charge in [0.1, 0.15) is 0 Å². The topological polar surface area (TPSA) is 15.3 Å². The summed E-state index contributed by atoms with van der Waals surface area (Å²) >= 11 is 0. The number of nitrogens with zero attached hydrogens (tertiary/aromatic N) is 1. The lowest BCUT2D eigenvalue weighted by Gasteiger charge is -2.32. The SMILES string of the molecule is CCCC1CCN(CCNC(C)C(C)C)CC1. The Morgan fingerprint density at radius 2 is 1.82 bits per heavy atom. The van der Waals surface area contributed by atoms with Gasteiger partial charge >= 0.3 is 0 Å². The van der Waals surface area contributed by atoms with Crippen molar-refractivity contribution >= 4 is 0 Å². The van der Waals surface area contributed by atoms with E-state index in [2.05, 4.69) is 37.9 Å². The van der Waals surface area contributed by atoms with Gasteiger partial charge in [0, 0.05) is 19.1 Å². The van der Waals surface area contributed by atoms with Crippen molar-refractivity contribution in [1.29, 1.82) is 0 Å². The smallest absolute Gasteiger partial charge is 0.0107 e. The molecule has 1 aliphatic heterocycles. The Hall–Kier alpha value is -0.0800. The summed E-state index contributed by atoms with van der Waals surface area (Å²) in [5.74, 6) is 1.75. The number of piperidine rings is 1. The first-order valence-electron chi connectivity index (χ1n) is 7.59. The van der Waals surface area contributed by atoms with Crippen LogP contribution in [0.5, 0.6) is 0 Å². The van der Waals surface area contributed by atoms with Crippen LogP contribution in [0.3, 0.4) is 0 Å². The maximum atomic E-state index is 3.62. The predicted molar refractivity (Wildman–Crippen MR) is 76.4 cm³/mol. The maximum Gasteiger partial charge on any atom is 0.0107 e. The second kappa shape index (κ2) is 8.10. The summed E-state index contributed by atoms with van der Waals surface area (Å²) in [6.45, 7) is 14.2. The van der Waals surface area contributed by atoms with E-state index in [1.807, 2.05) is 0 Å². The van der Waals surface area contributed by atoms with Gasteiger partial charge in [-0.15, -0.1) is 0 Å². The first kappa shape index (κ1) is 15.0. The van der Waals surface area contributed by atoms with Crippen molar-refractivity contribution in [2.75, 3.05) is 26.2 Å². The van der Waals surface area contributed by atoms with Gasteiger partial charge in [0.15, 0.2) is 0 Å². The largest absolute Gasteiger partial charge is 0.313 e. The standard InChI is InChI=1S/C15H32N2/c1-5-6-15-7-10-17(11-8-15)12-9-16-14(4)13(2)3/h13-16H,5-12H2,1-4H3. The van der Waals surface area contributed by atoms with Crippen LogP contribution in [-0.2, 0) is 0 Å². The van der Waals surface area contributed by atoms with Crippen molar-refractivity contribution in [2.45, 2.75) is 59.4 Å². The highest BCUT2D eigenvalue weighted by atomic mass is 15.1. The summed E-state index contributed by atoms with van der Waals surface area (Å²) in [5, 5.41) is 3.62. The molecular weight excluding hydrogens is 208 g/mol. The van der Waals surface area contributed by atoms with Crippen molar-refractivity contribution in [3.8, 4) is 0 Å². The molecule has 1 unspecified atom stereocenters. The number of rotatable bonds is 7. The van der Waals surface area contributed by atoms with Crippen molar-refractivity contribution in [3.05, 3.63) is 0 Å². The van der Waals surface area contributed by atoms with E-state index in [1.165, 1.54) is 45.3 Å². The summed E-state index contributed by atoms with van der Waals surface area (Å²) in [5.41, 5.74) is 0. The summed E-state index contributed by atoms with van der Waals surface area (Å²) in [7, 11) is 0. The zero-order valence-corrected chi connectivity index (χ0v) is 12.3. The van der Waals surface area contributed by atoms with Crippen LogP contribution in [0, 0.1) is 11.8 Å². The zero-order valence-electron chi connectivity index (χ0n) is 12.3. The third kappa shape index (κ3) is 5.87. The molecule has 0 aromatic heterocycles. The minimum absolute atomic E-state index is 0.646. The van der Waals surface area contributed by atoms with Crippen molar-refractivity contribution in [2.24, 2.45) is 11.8 Å². The lowest BCUT2D eigenvalue weighted by molar-refractivity contribution is 0.176. The average Bonchev–Trinajstić information content (AvgIpc) is 2.31. The molecule has 0 aromatic rings. The van der Waals surface area contributed by atoms with Crippen LogP contribution in [0.2, 0.25) is 0 Å². The van der Waals surface area contributed by atoms with Crippen LogP contribution in [0.15, 0.2) is 0 Å². The van der Waals surface area contributed by atoms with E-state index < -0.39 is 0 Å². The first-order chi connectivity index (χ1) is 8.13. The molecule has 2 nitrogen and oxygen atoms in total. The van der Waals surface area contributed by atoms with Gasteiger partial charge in [-0.3, -0.25) is 0 Å². The molecule has 17 heavy (non-hydrogen) atoms. The van der Waals surface area contributed by atoms with E-state index >= 15 is 0 Å². The van der Waals surface area contributed by atoms with Crippen molar-refractivity contribution in [3.63, 3.8) is 0 Å². The van der Waals surface area contributed by atoms with Crippen LogP contribution >= 0.6 is 0 Å². The van der Waals surface area contributed by atoms with E-state index in [0.717, 1.165) is 18.4 Å². The highest BCUT2D eigenvalue weighted by Crippen LogP contribution is 2.21. The van der Waals surface area contributed by atoms with Crippen LogP contribution in [0.4, 0.5) is 0 Å². The van der Waals surface area contributed by atoms with Gasteiger partial charge in [0.25, 0.3) is 0 Å². The van der Waals surface area contributed by atoms with Crippen LogP contribution < -0.4 is 5.32 Å². The third-order valence-electron chi connectivity index (χ3n) is 4.30. The average molecular weight is 240 g/mol. The molecule has 1 rings (SSSR count). The minimum Gasteiger partial charge on any atom is -0.313 e. The molecule has 0 aliphatic carbocycles. The molecule has 1 heterocycles. The molecule has 0 aromatic carbocycles. The molecule has 102 valence electrons. The van der Waals surface area contributed by atoms with E-state index in [9.17, 15) is 0 Å². The third-order valence-corrected chi connectivity index (χ3v) is 4.30. The number of hydrogen-bond acceptors (Lipinski definition) is 2. The fourth-order valence-electron chi connectivity index (χ4n) is 2.59. The van der Waals surface area contributed by atoms with Crippen LogP contribution in [-0.4, -0.2) is 37.1 Å². The normalized spacial score (nSPS) is 21.0. The fraction of sp³-hybridized carbons (Fsp3) is 1.00. The van der Waals surface area contributed by atoms with E-state index in [0.29, 0.717) is 6.04 Å². The Kier molecular flexibility index (Phi) is 7.14. The Morgan fingerprint density at radius 3 is 2.35 bits per heavy atom. The quantitative estimate of drug-likeness (QED) is 0.735. The monoisotopic (exact) mass is 240 g/mol. The Morgan fingerprint density at radius 1 is 1.18 bits per heavy atom. The lowest BCUT2D eigenvalue weighted by Crippen LogP contribution is -2.41. The van der Waals surface area contributed by atoms with Crippen LogP contribution in [0.1, 0.15) is 53.4 Å². The molecule has 0 spiro atoms. The molecule has 1 atom stereocenters. The van der Waals surface area contributed by atoms with Gasteiger partial charge in [0.05, 0.1) is 0 Å². The second-order valence-electron chi connectivity index (χ2n) is 6.06. The Balaban J connectivity index is 2.06. The lowest BCUT2D eigenvalue weighted by atomic mass is 9.92. The second-order valence-corrected chi connectivity index (χ2v) is 6.06. The van der Waals surface area contributed by atoms with Gasteiger partial charge in [-0.2, -0.15) is 0 Å². The van der Waals surface area contributed by atoms with Gasteiger partial charge in [0.2, 0.25) is 0 Å². The highest BCUT2D eigenvalue weighted by Gasteiger charge is 2.18. The van der Waals surface area contributed by atoms with Crippen LogP contribution in [0.25, 0.3) is 0 Å². The molecule has 1 saturated heterocycles. The summed E-state index contributed by atoms with van der Waals surface area (Å²) < 4.78 is 0. The molecule has 2 heteroatoms. The minimum atomic E-state index is 0.646. The van der Waals surface area contributed by atoms with Gasteiger partial charge in [-0.05, 0) is 44.7 Å². The van der Waals surface area contributed by atoms with E-state index in [4.69, 9.17) is 0 Å². The first-order valence-corrected chi connectivity index (χ1v) is 7.59. The zero-order chi connectivity index (χ0) is 12.7. The number of hydrogen-bond donors (Lipinski definition) is 1. The molecule has 1 aliphatic rings. The predicted octanol–water partition coefficient (Wildman–Crippen LogP) is 3.13. The summed E-state index contributed by atoms with van der Waals surface area (Å²) in [4.78, 5) is 2.63. The van der Waals surface area contributed by atoms with E-state index in [1.54, 1.807) is 0 Å². The summed E-state index contributed by atoms with van der Waals surface area (Å²) in [6, 6.07) is 0.646.